The van der Waals surface area contributed by atoms with E-state index in [1.54, 1.807) is 0 Å². The van der Waals surface area contributed by atoms with E-state index >= 15 is 0 Å². The Morgan fingerprint density at radius 3 is 2.21 bits per heavy atom. The predicted octanol–water partition coefficient (Wildman–Crippen LogP) is 3.62. The molecule has 1 amide bonds. The van der Waals surface area contributed by atoms with Gasteiger partial charge in [-0.3, -0.25) is 4.79 Å². The minimum Gasteiger partial charge on any atom is -0.376 e. The van der Waals surface area contributed by atoms with Crippen LogP contribution in [0, 0.1) is 11.6 Å². The van der Waals surface area contributed by atoms with Crippen LogP contribution in [0.1, 0.15) is 12.8 Å². The summed E-state index contributed by atoms with van der Waals surface area (Å²) in [6, 6.07) is 10.7. The molecule has 0 bridgehead atoms. The Bertz CT molecular complexity index is 692. The van der Waals surface area contributed by atoms with Crippen LogP contribution in [0.5, 0.6) is 0 Å². The first-order chi connectivity index (χ1) is 11.6. The maximum Gasteiger partial charge on any atom is 0.243 e. The molecule has 3 rings (SSSR count). The van der Waals surface area contributed by atoms with Crippen LogP contribution in [0.3, 0.4) is 0 Å². The van der Waals surface area contributed by atoms with Crippen molar-refractivity contribution in [1.29, 1.82) is 0 Å². The molecule has 126 valence electrons. The summed E-state index contributed by atoms with van der Waals surface area (Å²) in [4.78, 5) is 14.2. The van der Waals surface area contributed by atoms with Crippen molar-refractivity contribution in [2.24, 2.45) is 0 Å². The Hall–Kier alpha value is -2.63. The third kappa shape index (κ3) is 4.22. The molecule has 6 heteroatoms. The number of nitrogens with one attached hydrogen (secondary N) is 2. The molecule has 0 unspecified atom stereocenters. The smallest absolute Gasteiger partial charge is 0.243 e. The number of anilines is 3. The molecule has 0 saturated carbocycles. The summed E-state index contributed by atoms with van der Waals surface area (Å²) in [5.41, 5.74) is 2.07. The van der Waals surface area contributed by atoms with Crippen molar-refractivity contribution >= 4 is 23.0 Å². The van der Waals surface area contributed by atoms with Gasteiger partial charge in [0.2, 0.25) is 5.91 Å². The highest BCUT2D eigenvalue weighted by molar-refractivity contribution is 5.93. The molecule has 0 atom stereocenters. The molecule has 24 heavy (non-hydrogen) atoms. The topological polar surface area (TPSA) is 44.4 Å². The lowest BCUT2D eigenvalue weighted by Gasteiger charge is -2.17. The van der Waals surface area contributed by atoms with Crippen molar-refractivity contribution in [3.8, 4) is 0 Å². The third-order valence-corrected chi connectivity index (χ3v) is 3.94. The van der Waals surface area contributed by atoms with Crippen LogP contribution in [0.4, 0.5) is 25.8 Å². The van der Waals surface area contributed by atoms with Crippen LogP contribution in [0.15, 0.2) is 42.5 Å². The average Bonchev–Trinajstić information content (AvgIpc) is 3.07. The second kappa shape index (κ2) is 7.29. The molecule has 4 nitrogen and oxygen atoms in total. The van der Waals surface area contributed by atoms with E-state index < -0.39 is 11.6 Å². The molecule has 2 aromatic carbocycles. The highest BCUT2D eigenvalue weighted by atomic mass is 19.1. The molecule has 1 aliphatic heterocycles. The maximum atomic E-state index is 13.1. The van der Waals surface area contributed by atoms with Crippen LogP contribution in [0.2, 0.25) is 0 Å². The Morgan fingerprint density at radius 2 is 1.58 bits per heavy atom. The van der Waals surface area contributed by atoms with Crippen LogP contribution in [-0.4, -0.2) is 25.5 Å². The van der Waals surface area contributed by atoms with Crippen LogP contribution < -0.4 is 15.5 Å². The van der Waals surface area contributed by atoms with Crippen molar-refractivity contribution < 1.29 is 13.6 Å². The van der Waals surface area contributed by atoms with Gasteiger partial charge in [-0.2, -0.15) is 0 Å². The first-order valence-electron chi connectivity index (χ1n) is 7.95. The fourth-order valence-electron chi connectivity index (χ4n) is 2.77. The standard InChI is InChI=1S/C18H19F2N3O/c19-13-9-14(20)11-16(10-13)21-12-18(24)22-15-3-5-17(6-4-15)23-7-1-2-8-23/h3-6,9-11,21H,1-2,7-8,12H2,(H,22,24). The van der Waals surface area contributed by atoms with Crippen molar-refractivity contribution in [3.05, 3.63) is 54.1 Å². The number of carbonyl (C=O) groups is 1. The highest BCUT2D eigenvalue weighted by Gasteiger charge is 2.12. The third-order valence-electron chi connectivity index (χ3n) is 3.94. The van der Waals surface area contributed by atoms with Crippen LogP contribution in [0.25, 0.3) is 0 Å². The van der Waals surface area contributed by atoms with E-state index in [2.05, 4.69) is 15.5 Å². The van der Waals surface area contributed by atoms with E-state index in [0.717, 1.165) is 37.0 Å². The van der Waals surface area contributed by atoms with E-state index in [1.807, 2.05) is 24.3 Å². The number of rotatable bonds is 5. The van der Waals surface area contributed by atoms with Gasteiger partial charge in [0.05, 0.1) is 6.54 Å². The number of nitrogens with zero attached hydrogens (tertiary/aromatic N) is 1. The molecular formula is C18H19F2N3O. The summed E-state index contributed by atoms with van der Waals surface area (Å²) in [6.07, 6.45) is 2.43. The molecule has 2 N–H and O–H groups in total. The van der Waals surface area contributed by atoms with Gasteiger partial charge in [-0.05, 0) is 49.2 Å². The van der Waals surface area contributed by atoms with Crippen molar-refractivity contribution in [2.75, 3.05) is 35.2 Å². The lowest BCUT2D eigenvalue weighted by molar-refractivity contribution is -0.114. The second-order valence-corrected chi connectivity index (χ2v) is 5.80. The van der Waals surface area contributed by atoms with E-state index in [9.17, 15) is 13.6 Å². The summed E-state index contributed by atoms with van der Waals surface area (Å²) in [7, 11) is 0. The maximum absolute atomic E-state index is 13.1. The number of hydrogen-bond donors (Lipinski definition) is 2. The fraction of sp³-hybridized carbons (Fsp3) is 0.278. The molecule has 1 aliphatic rings. The molecule has 1 heterocycles. The van der Waals surface area contributed by atoms with Gasteiger partial charge < -0.3 is 15.5 Å². The van der Waals surface area contributed by atoms with Crippen LogP contribution in [-0.2, 0) is 4.79 Å². The minimum absolute atomic E-state index is 0.0726. The molecule has 0 spiro atoms. The van der Waals surface area contributed by atoms with Gasteiger partial charge in [0.1, 0.15) is 11.6 Å². The molecule has 1 saturated heterocycles. The minimum atomic E-state index is -0.685. The molecule has 2 aromatic rings. The summed E-state index contributed by atoms with van der Waals surface area (Å²) in [5, 5.41) is 5.45. The van der Waals surface area contributed by atoms with Gasteiger partial charge in [0.15, 0.2) is 0 Å². The van der Waals surface area contributed by atoms with Gasteiger partial charge in [0.25, 0.3) is 0 Å². The normalized spacial score (nSPS) is 13.8. The highest BCUT2D eigenvalue weighted by Crippen LogP contribution is 2.22. The Labute approximate surface area is 139 Å². The zero-order chi connectivity index (χ0) is 16.9. The molecule has 0 radical (unpaired) electrons. The molecule has 0 aliphatic carbocycles. The van der Waals surface area contributed by atoms with E-state index in [4.69, 9.17) is 0 Å². The van der Waals surface area contributed by atoms with Crippen molar-refractivity contribution in [1.82, 2.24) is 0 Å². The predicted molar refractivity (Wildman–Crippen MR) is 91.4 cm³/mol. The van der Waals surface area contributed by atoms with Crippen LogP contribution >= 0.6 is 0 Å². The fourth-order valence-corrected chi connectivity index (χ4v) is 2.77. The summed E-state index contributed by atoms with van der Waals surface area (Å²) < 4.78 is 26.2. The van der Waals surface area contributed by atoms with Crippen molar-refractivity contribution in [2.45, 2.75) is 12.8 Å². The Balaban J connectivity index is 1.52. The number of amides is 1. The number of hydrogen-bond acceptors (Lipinski definition) is 3. The van der Waals surface area contributed by atoms with Gasteiger partial charge in [-0.25, -0.2) is 8.78 Å². The number of benzene rings is 2. The largest absolute Gasteiger partial charge is 0.376 e. The zero-order valence-corrected chi connectivity index (χ0v) is 13.2. The van der Waals surface area contributed by atoms with Gasteiger partial charge in [-0.15, -0.1) is 0 Å². The second-order valence-electron chi connectivity index (χ2n) is 5.80. The van der Waals surface area contributed by atoms with E-state index in [-0.39, 0.29) is 18.1 Å². The summed E-state index contributed by atoms with van der Waals surface area (Å²) in [5.74, 6) is -1.65. The summed E-state index contributed by atoms with van der Waals surface area (Å²) in [6.45, 7) is 2.07. The SMILES string of the molecule is O=C(CNc1cc(F)cc(F)c1)Nc1ccc(N2CCCC2)cc1. The lowest BCUT2D eigenvalue weighted by atomic mass is 10.2. The monoisotopic (exact) mass is 331 g/mol. The Morgan fingerprint density at radius 1 is 0.958 bits per heavy atom. The quantitative estimate of drug-likeness (QED) is 0.880. The first kappa shape index (κ1) is 16.2. The van der Waals surface area contributed by atoms with E-state index in [0.29, 0.717) is 5.69 Å². The summed E-state index contributed by atoms with van der Waals surface area (Å²) >= 11 is 0. The van der Waals surface area contributed by atoms with Gasteiger partial charge >= 0.3 is 0 Å². The number of carbonyl (C=O) groups excluding carboxylic acids is 1. The zero-order valence-electron chi connectivity index (χ0n) is 13.2. The first-order valence-corrected chi connectivity index (χ1v) is 7.95. The van der Waals surface area contributed by atoms with Crippen molar-refractivity contribution in [3.63, 3.8) is 0 Å². The van der Waals surface area contributed by atoms with Gasteiger partial charge in [-0.1, -0.05) is 0 Å². The molecule has 0 aromatic heterocycles. The molecular weight excluding hydrogens is 312 g/mol. The molecule has 1 fully saturated rings. The van der Waals surface area contributed by atoms with Gasteiger partial charge in [0, 0.05) is 36.2 Å². The van der Waals surface area contributed by atoms with E-state index in [1.165, 1.54) is 12.8 Å². The average molecular weight is 331 g/mol. The number of halogens is 2. The Kier molecular flexibility index (Phi) is 4.93. The lowest BCUT2D eigenvalue weighted by Crippen LogP contribution is -2.22.